The van der Waals surface area contributed by atoms with Crippen molar-refractivity contribution < 1.29 is 14.3 Å². The summed E-state index contributed by atoms with van der Waals surface area (Å²) in [5.74, 6) is 0.208. The monoisotopic (exact) mass is 474 g/mol. The van der Waals surface area contributed by atoms with E-state index in [0.29, 0.717) is 22.8 Å². The number of carbonyl (C=O) groups is 2. The lowest BCUT2D eigenvalue weighted by atomic mass is 9.98. The lowest BCUT2D eigenvalue weighted by Crippen LogP contribution is -2.25. The Balaban J connectivity index is 1.42. The largest absolute Gasteiger partial charge is 0.383 e. The van der Waals surface area contributed by atoms with Gasteiger partial charge in [0.15, 0.2) is 11.6 Å². The number of benzene rings is 1. The van der Waals surface area contributed by atoms with Gasteiger partial charge in [0.2, 0.25) is 0 Å². The number of ether oxygens (including phenoxy) is 1. The molecule has 0 amide bonds. The number of aromatic amines is 1. The van der Waals surface area contributed by atoms with Crippen LogP contribution in [0.25, 0.3) is 32.3 Å². The van der Waals surface area contributed by atoms with E-state index in [1.807, 2.05) is 40.5 Å². The first kappa shape index (κ1) is 21.5. The summed E-state index contributed by atoms with van der Waals surface area (Å²) in [5, 5.41) is 8.86. The van der Waals surface area contributed by atoms with Gasteiger partial charge >= 0.3 is 0 Å². The van der Waals surface area contributed by atoms with Crippen molar-refractivity contribution in [3.63, 3.8) is 0 Å². The molecule has 0 radical (unpaired) electrons. The molecule has 3 aromatic heterocycles. The van der Waals surface area contributed by atoms with Crippen LogP contribution in [-0.2, 0) is 20.9 Å². The van der Waals surface area contributed by atoms with Crippen molar-refractivity contribution in [1.82, 2.24) is 19.7 Å². The van der Waals surface area contributed by atoms with Crippen LogP contribution in [0.3, 0.4) is 0 Å². The van der Waals surface area contributed by atoms with Crippen molar-refractivity contribution in [2.24, 2.45) is 5.92 Å². The number of methoxy groups -OCH3 is 1. The number of rotatable bonds is 7. The van der Waals surface area contributed by atoms with Crippen LogP contribution in [0.4, 0.5) is 0 Å². The van der Waals surface area contributed by atoms with E-state index in [0.717, 1.165) is 65.9 Å². The Kier molecular flexibility index (Phi) is 5.44. The van der Waals surface area contributed by atoms with Crippen LogP contribution >= 0.6 is 11.3 Å². The molecule has 2 aliphatic rings. The second-order valence-corrected chi connectivity index (χ2v) is 10.1. The molecular weight excluding hydrogens is 448 g/mol. The van der Waals surface area contributed by atoms with Crippen molar-refractivity contribution in [2.45, 2.75) is 19.4 Å². The van der Waals surface area contributed by atoms with E-state index < -0.39 is 0 Å². The second-order valence-electron chi connectivity index (χ2n) is 9.13. The molecule has 1 aromatic carbocycles. The Hall–Kier alpha value is -3.07. The van der Waals surface area contributed by atoms with Gasteiger partial charge in [-0.3, -0.25) is 14.3 Å². The molecule has 7 nitrogen and oxygen atoms in total. The zero-order chi connectivity index (χ0) is 23.2. The van der Waals surface area contributed by atoms with Crippen LogP contribution in [0.2, 0.25) is 0 Å². The van der Waals surface area contributed by atoms with E-state index in [1.165, 1.54) is 0 Å². The van der Waals surface area contributed by atoms with Crippen LogP contribution in [0.1, 0.15) is 24.1 Å². The molecule has 1 saturated heterocycles. The third-order valence-electron chi connectivity index (χ3n) is 7.01. The van der Waals surface area contributed by atoms with Crippen molar-refractivity contribution >= 4 is 55.2 Å². The number of nitrogens with one attached hydrogen (secondary N) is 1. The van der Waals surface area contributed by atoms with E-state index in [-0.39, 0.29) is 18.0 Å². The number of aromatic nitrogens is 3. The lowest BCUT2D eigenvalue weighted by molar-refractivity contribution is -0.119. The number of fused-ring (bicyclic) bond motifs is 2. The molecule has 4 aromatic rings. The van der Waals surface area contributed by atoms with Crippen LogP contribution in [0, 0.1) is 5.92 Å². The first-order chi connectivity index (χ1) is 16.6. The normalized spacial score (nSPS) is 19.5. The van der Waals surface area contributed by atoms with E-state index in [1.54, 1.807) is 18.4 Å². The van der Waals surface area contributed by atoms with E-state index in [2.05, 4.69) is 16.0 Å². The summed E-state index contributed by atoms with van der Waals surface area (Å²) >= 11 is 1.59. The van der Waals surface area contributed by atoms with Gasteiger partial charge < -0.3 is 14.6 Å². The smallest absolute Gasteiger partial charge is 0.173 e. The topological polar surface area (TPSA) is 80.2 Å². The first-order valence-electron chi connectivity index (χ1n) is 11.7. The summed E-state index contributed by atoms with van der Waals surface area (Å²) in [5.41, 5.74) is 3.38. The number of H-pyrrole nitrogens is 1. The molecule has 1 N–H and O–H groups in total. The lowest BCUT2D eigenvalue weighted by Gasteiger charge is -2.15. The fourth-order valence-corrected chi connectivity index (χ4v) is 6.15. The number of likely N-dealkylation sites (tertiary alicyclic amines) is 1. The highest BCUT2D eigenvalue weighted by atomic mass is 32.1. The standard InChI is InChI=1S/C26H26N4O3S/c1-33-10-9-29-8-6-16(14-29)15-30-20-5-3-2-4-18(20)25(28-30)24-22(32)12-21(31)23(24)19-13-27-26-17(19)7-11-34-26/h2-5,7,11,13,16,27H,6,8-10,12,14-15H2,1H3. The third-order valence-corrected chi connectivity index (χ3v) is 7.85. The quantitative estimate of drug-likeness (QED) is 0.410. The molecule has 6 rings (SSSR count). The Morgan fingerprint density at radius 3 is 2.88 bits per heavy atom. The molecule has 8 heteroatoms. The molecule has 34 heavy (non-hydrogen) atoms. The molecule has 1 unspecified atom stereocenters. The Bertz CT molecular complexity index is 1440. The number of Topliss-reactive ketones (excluding diaryl/α,β-unsaturated/α-hetero) is 2. The van der Waals surface area contributed by atoms with Gasteiger partial charge in [-0.05, 0) is 36.4 Å². The minimum absolute atomic E-state index is 0.0975. The molecule has 1 fully saturated rings. The maximum atomic E-state index is 13.2. The van der Waals surface area contributed by atoms with Crippen molar-refractivity contribution in [3.8, 4) is 0 Å². The molecule has 0 saturated carbocycles. The Morgan fingerprint density at radius 1 is 1.15 bits per heavy atom. The van der Waals surface area contributed by atoms with Crippen molar-refractivity contribution in [1.29, 1.82) is 0 Å². The average Bonchev–Trinajstić information content (AvgIpc) is 3.63. The predicted octanol–water partition coefficient (Wildman–Crippen LogP) is 4.00. The zero-order valence-electron chi connectivity index (χ0n) is 19.0. The molecular formula is C26H26N4O3S. The highest BCUT2D eigenvalue weighted by Crippen LogP contribution is 2.41. The number of carbonyl (C=O) groups excluding carboxylic acids is 2. The Labute approximate surface area is 201 Å². The highest BCUT2D eigenvalue weighted by Gasteiger charge is 2.36. The van der Waals surface area contributed by atoms with Crippen LogP contribution in [-0.4, -0.2) is 64.6 Å². The van der Waals surface area contributed by atoms with Gasteiger partial charge in [-0.25, -0.2) is 0 Å². The SMILES string of the molecule is COCCN1CCC(Cn2nc(C3=C(c4c[nH]c5sccc45)C(=O)CC3=O)c3ccccc32)C1. The van der Waals surface area contributed by atoms with Gasteiger partial charge in [0.05, 0.1) is 24.1 Å². The fourth-order valence-electron chi connectivity index (χ4n) is 5.37. The molecule has 4 heterocycles. The number of thiophene rings is 1. The summed E-state index contributed by atoms with van der Waals surface area (Å²) < 4.78 is 7.27. The maximum absolute atomic E-state index is 13.2. The van der Waals surface area contributed by atoms with Gasteiger partial charge in [-0.1, -0.05) is 18.2 Å². The van der Waals surface area contributed by atoms with Gasteiger partial charge in [0.1, 0.15) is 10.5 Å². The Morgan fingerprint density at radius 2 is 2.00 bits per heavy atom. The molecule has 1 aliphatic heterocycles. The first-order valence-corrected chi connectivity index (χ1v) is 12.5. The average molecular weight is 475 g/mol. The molecule has 174 valence electrons. The molecule has 0 spiro atoms. The third kappa shape index (κ3) is 3.53. The minimum atomic E-state index is -0.147. The van der Waals surface area contributed by atoms with E-state index in [4.69, 9.17) is 9.84 Å². The molecule has 1 atom stereocenters. The molecule has 0 bridgehead atoms. The van der Waals surface area contributed by atoms with Gasteiger partial charge in [-0.2, -0.15) is 5.10 Å². The summed E-state index contributed by atoms with van der Waals surface area (Å²) in [7, 11) is 1.74. The molecule has 1 aliphatic carbocycles. The minimum Gasteiger partial charge on any atom is -0.383 e. The number of allylic oxidation sites excluding steroid dienone is 2. The van der Waals surface area contributed by atoms with Gasteiger partial charge in [-0.15, -0.1) is 11.3 Å². The summed E-state index contributed by atoms with van der Waals surface area (Å²) in [6.07, 6.45) is 2.86. The van der Waals surface area contributed by atoms with E-state index >= 15 is 0 Å². The predicted molar refractivity (Wildman–Crippen MR) is 134 cm³/mol. The maximum Gasteiger partial charge on any atom is 0.173 e. The number of ketones is 2. The van der Waals surface area contributed by atoms with Gasteiger partial charge in [0.25, 0.3) is 0 Å². The fraction of sp³-hybridized carbons (Fsp3) is 0.346. The zero-order valence-corrected chi connectivity index (χ0v) is 19.9. The summed E-state index contributed by atoms with van der Waals surface area (Å²) in [6.45, 7) is 4.54. The van der Waals surface area contributed by atoms with E-state index in [9.17, 15) is 9.59 Å². The van der Waals surface area contributed by atoms with Crippen LogP contribution < -0.4 is 0 Å². The van der Waals surface area contributed by atoms with Crippen molar-refractivity contribution in [2.75, 3.05) is 33.4 Å². The highest BCUT2D eigenvalue weighted by molar-refractivity contribution is 7.16. The number of para-hydroxylation sites is 1. The van der Waals surface area contributed by atoms with Crippen LogP contribution in [0.15, 0.2) is 41.9 Å². The number of hydrogen-bond acceptors (Lipinski definition) is 6. The van der Waals surface area contributed by atoms with Crippen LogP contribution in [0.5, 0.6) is 0 Å². The summed E-state index contributed by atoms with van der Waals surface area (Å²) in [4.78, 5) is 32.9. The number of nitrogens with zero attached hydrogens (tertiary/aromatic N) is 3. The van der Waals surface area contributed by atoms with Crippen molar-refractivity contribution in [3.05, 3.63) is 53.2 Å². The van der Waals surface area contributed by atoms with Gasteiger partial charge in [0, 0.05) is 54.8 Å². The second kappa shape index (κ2) is 8.61. The summed E-state index contributed by atoms with van der Waals surface area (Å²) in [6, 6.07) is 10.0. The number of hydrogen-bond donors (Lipinski definition) is 1.